The molecule has 0 spiro atoms. The van der Waals surface area contributed by atoms with Gasteiger partial charge in [-0.3, -0.25) is 9.89 Å². The van der Waals surface area contributed by atoms with Gasteiger partial charge < -0.3 is 14.4 Å². The van der Waals surface area contributed by atoms with Gasteiger partial charge in [-0.2, -0.15) is 5.10 Å². The molecule has 0 fully saturated rings. The predicted octanol–water partition coefficient (Wildman–Crippen LogP) is 6.24. The number of carbonyl (C=O) groups is 1. The third-order valence-corrected chi connectivity index (χ3v) is 6.55. The first-order valence-electron chi connectivity index (χ1n) is 12.4. The number of aryl methyl sites for hydroxylation is 2. The topological polar surface area (TPSA) is 67.5 Å². The lowest BCUT2D eigenvalue weighted by atomic mass is 9.95. The first-order chi connectivity index (χ1) is 17.5. The number of benzene rings is 3. The van der Waals surface area contributed by atoms with Crippen LogP contribution in [0.5, 0.6) is 11.5 Å². The summed E-state index contributed by atoms with van der Waals surface area (Å²) < 4.78 is 11.7. The molecule has 1 unspecified atom stereocenters. The number of aromatic nitrogens is 2. The number of carbonyl (C=O) groups excluding carboxylic acids is 1. The summed E-state index contributed by atoms with van der Waals surface area (Å²) in [6.45, 7) is 9.58. The number of aromatic amines is 1. The van der Waals surface area contributed by atoms with Crippen LogP contribution >= 0.6 is 0 Å². The van der Waals surface area contributed by atoms with E-state index in [1.807, 2.05) is 36.9 Å². The molecule has 1 aliphatic rings. The van der Waals surface area contributed by atoms with Gasteiger partial charge in [0.15, 0.2) is 11.5 Å². The van der Waals surface area contributed by atoms with Gasteiger partial charge >= 0.3 is 0 Å². The Balaban J connectivity index is 1.64. The van der Waals surface area contributed by atoms with E-state index in [1.165, 1.54) is 11.1 Å². The van der Waals surface area contributed by atoms with Gasteiger partial charge in [-0.25, -0.2) is 0 Å². The van der Waals surface area contributed by atoms with E-state index in [-0.39, 0.29) is 11.9 Å². The summed E-state index contributed by atoms with van der Waals surface area (Å²) in [7, 11) is 0. The molecule has 0 aliphatic carbocycles. The van der Waals surface area contributed by atoms with Crippen molar-refractivity contribution >= 4 is 5.91 Å². The fraction of sp³-hybridized carbons (Fsp3) is 0.267. The number of amides is 1. The summed E-state index contributed by atoms with van der Waals surface area (Å²) in [5, 5.41) is 7.64. The lowest BCUT2D eigenvalue weighted by molar-refractivity contribution is 0.0729. The zero-order valence-corrected chi connectivity index (χ0v) is 21.2. The van der Waals surface area contributed by atoms with E-state index in [4.69, 9.17) is 9.47 Å². The number of nitrogens with zero attached hydrogens (tertiary/aromatic N) is 2. The Morgan fingerprint density at radius 3 is 2.17 bits per heavy atom. The molecule has 0 saturated heterocycles. The van der Waals surface area contributed by atoms with Crippen LogP contribution in [0.1, 0.15) is 58.2 Å². The zero-order valence-electron chi connectivity index (χ0n) is 21.2. The Morgan fingerprint density at radius 2 is 1.50 bits per heavy atom. The molecule has 1 atom stereocenters. The Labute approximate surface area is 211 Å². The van der Waals surface area contributed by atoms with Crippen LogP contribution in [0.4, 0.5) is 0 Å². The smallest absolute Gasteiger partial charge is 0.273 e. The highest BCUT2D eigenvalue weighted by Crippen LogP contribution is 2.45. The number of hydrogen-bond acceptors (Lipinski definition) is 4. The van der Waals surface area contributed by atoms with E-state index < -0.39 is 0 Å². The van der Waals surface area contributed by atoms with Gasteiger partial charge in [0.1, 0.15) is 5.69 Å². The van der Waals surface area contributed by atoms with E-state index in [2.05, 4.69) is 72.6 Å². The summed E-state index contributed by atoms with van der Waals surface area (Å²) in [6, 6.07) is 22.2. The second-order valence-corrected chi connectivity index (χ2v) is 9.12. The monoisotopic (exact) mass is 481 g/mol. The second kappa shape index (κ2) is 9.90. The van der Waals surface area contributed by atoms with Crippen LogP contribution in [0.2, 0.25) is 0 Å². The van der Waals surface area contributed by atoms with Crippen molar-refractivity contribution in [2.75, 3.05) is 13.2 Å². The van der Waals surface area contributed by atoms with Crippen molar-refractivity contribution < 1.29 is 14.3 Å². The van der Waals surface area contributed by atoms with Crippen molar-refractivity contribution in [1.29, 1.82) is 0 Å². The third-order valence-electron chi connectivity index (χ3n) is 6.55. The van der Waals surface area contributed by atoms with E-state index in [0.717, 1.165) is 27.9 Å². The van der Waals surface area contributed by atoms with Gasteiger partial charge in [0.25, 0.3) is 5.91 Å². The maximum absolute atomic E-state index is 13.7. The van der Waals surface area contributed by atoms with E-state index in [1.54, 1.807) is 0 Å². The van der Waals surface area contributed by atoms with Crippen molar-refractivity contribution in [1.82, 2.24) is 15.1 Å². The normalized spacial score (nSPS) is 14.7. The Morgan fingerprint density at radius 1 is 0.861 bits per heavy atom. The lowest BCUT2D eigenvalue weighted by Gasteiger charge is -2.27. The van der Waals surface area contributed by atoms with E-state index in [9.17, 15) is 4.79 Å². The molecule has 4 aromatic rings. The Hall–Kier alpha value is -4.06. The molecular formula is C30H31N3O3. The molecule has 3 aromatic carbocycles. The average Bonchev–Trinajstić information content (AvgIpc) is 3.42. The molecule has 184 valence electrons. The summed E-state index contributed by atoms with van der Waals surface area (Å²) >= 11 is 0. The molecule has 5 rings (SSSR count). The lowest BCUT2D eigenvalue weighted by Crippen LogP contribution is -2.29. The number of fused-ring (bicyclic) bond motifs is 1. The van der Waals surface area contributed by atoms with Crippen LogP contribution in [0.3, 0.4) is 0 Å². The average molecular weight is 482 g/mol. The highest BCUT2D eigenvalue weighted by Gasteiger charge is 2.42. The van der Waals surface area contributed by atoms with Gasteiger partial charge in [-0.05, 0) is 51.0 Å². The van der Waals surface area contributed by atoms with Crippen LogP contribution < -0.4 is 9.47 Å². The SMILES string of the molecule is CCOc1ccc(C2c3c(-c4ccc(C)cc4)n[nH]c3C(=O)N2Cc2ccc(C)cc2)cc1OCC. The van der Waals surface area contributed by atoms with Crippen LogP contribution in [-0.4, -0.2) is 34.2 Å². The minimum atomic E-state index is -0.321. The molecule has 0 bridgehead atoms. The summed E-state index contributed by atoms with van der Waals surface area (Å²) in [6.07, 6.45) is 0. The molecular weight excluding hydrogens is 450 g/mol. The molecule has 1 amide bonds. The first kappa shape index (κ1) is 23.7. The van der Waals surface area contributed by atoms with Crippen molar-refractivity contribution in [3.8, 4) is 22.8 Å². The highest BCUT2D eigenvalue weighted by atomic mass is 16.5. The molecule has 0 radical (unpaired) electrons. The minimum Gasteiger partial charge on any atom is -0.490 e. The molecule has 6 nitrogen and oxygen atoms in total. The number of hydrogen-bond donors (Lipinski definition) is 1. The highest BCUT2D eigenvalue weighted by molar-refractivity contribution is 6.00. The molecule has 1 aromatic heterocycles. The largest absolute Gasteiger partial charge is 0.490 e. The van der Waals surface area contributed by atoms with Gasteiger partial charge in [-0.15, -0.1) is 0 Å². The van der Waals surface area contributed by atoms with Crippen molar-refractivity contribution in [2.45, 2.75) is 40.3 Å². The molecule has 1 aliphatic heterocycles. The fourth-order valence-electron chi connectivity index (χ4n) is 4.77. The maximum Gasteiger partial charge on any atom is 0.273 e. The summed E-state index contributed by atoms with van der Waals surface area (Å²) in [4.78, 5) is 15.6. The molecule has 0 saturated carbocycles. The van der Waals surface area contributed by atoms with Crippen LogP contribution in [0, 0.1) is 13.8 Å². The summed E-state index contributed by atoms with van der Waals surface area (Å²) in [5.41, 5.74) is 7.59. The standard InChI is InChI=1S/C30H31N3O3/c1-5-35-24-16-15-23(17-25(24)36-6-2)29-26-27(22-13-9-20(4)10-14-22)31-32-28(26)30(34)33(29)18-21-11-7-19(3)8-12-21/h7-17,29H,5-6,18H2,1-4H3,(H,31,32). The van der Waals surface area contributed by atoms with Crippen molar-refractivity contribution in [2.24, 2.45) is 0 Å². The minimum absolute atomic E-state index is 0.0618. The first-order valence-corrected chi connectivity index (χ1v) is 12.4. The van der Waals surface area contributed by atoms with E-state index >= 15 is 0 Å². The second-order valence-electron chi connectivity index (χ2n) is 9.12. The molecule has 6 heteroatoms. The van der Waals surface area contributed by atoms with E-state index in [0.29, 0.717) is 37.0 Å². The van der Waals surface area contributed by atoms with Gasteiger partial charge in [0.2, 0.25) is 0 Å². The van der Waals surface area contributed by atoms with Crippen LogP contribution in [0.15, 0.2) is 66.7 Å². The third kappa shape index (κ3) is 4.35. The predicted molar refractivity (Wildman–Crippen MR) is 140 cm³/mol. The van der Waals surface area contributed by atoms with Gasteiger partial charge in [0, 0.05) is 17.7 Å². The molecule has 1 N–H and O–H groups in total. The van der Waals surface area contributed by atoms with Crippen molar-refractivity contribution in [3.63, 3.8) is 0 Å². The number of rotatable bonds is 8. The molecule has 2 heterocycles. The fourth-order valence-corrected chi connectivity index (χ4v) is 4.77. The maximum atomic E-state index is 13.7. The number of H-pyrrole nitrogens is 1. The zero-order chi connectivity index (χ0) is 25.2. The quantitative estimate of drug-likeness (QED) is 0.324. The Bertz CT molecular complexity index is 1370. The van der Waals surface area contributed by atoms with Crippen molar-refractivity contribution in [3.05, 3.63) is 100 Å². The van der Waals surface area contributed by atoms with Crippen LogP contribution in [-0.2, 0) is 6.54 Å². The number of ether oxygens (including phenoxy) is 2. The van der Waals surface area contributed by atoms with Crippen LogP contribution in [0.25, 0.3) is 11.3 Å². The van der Waals surface area contributed by atoms with Gasteiger partial charge in [-0.1, -0.05) is 65.7 Å². The Kier molecular flexibility index (Phi) is 6.51. The molecule has 36 heavy (non-hydrogen) atoms. The number of nitrogens with one attached hydrogen (secondary N) is 1. The van der Waals surface area contributed by atoms with Gasteiger partial charge in [0.05, 0.1) is 24.9 Å². The summed E-state index contributed by atoms with van der Waals surface area (Å²) in [5.74, 6) is 1.31.